The van der Waals surface area contributed by atoms with E-state index in [-0.39, 0.29) is 30.4 Å². The van der Waals surface area contributed by atoms with Crippen molar-refractivity contribution in [2.24, 2.45) is 0 Å². The number of hydrogen-bond acceptors (Lipinski definition) is 4. The molecular weight excluding hydrogens is 262 g/mol. The fourth-order valence-electron chi connectivity index (χ4n) is 2.05. The lowest BCUT2D eigenvalue weighted by atomic mass is 10.1. The first kappa shape index (κ1) is 14.0. The molecule has 1 saturated heterocycles. The van der Waals surface area contributed by atoms with Gasteiger partial charge in [-0.25, -0.2) is 0 Å². The van der Waals surface area contributed by atoms with Gasteiger partial charge >= 0.3 is 0 Å². The summed E-state index contributed by atoms with van der Waals surface area (Å²) in [5, 5.41) is 5.67. The first-order valence-corrected chi connectivity index (χ1v) is 7.13. The summed E-state index contributed by atoms with van der Waals surface area (Å²) in [7, 11) is 1.81. The van der Waals surface area contributed by atoms with Crippen molar-refractivity contribution in [1.82, 2.24) is 15.5 Å². The lowest BCUT2D eigenvalue weighted by molar-refractivity contribution is -0.135. The fourth-order valence-corrected chi connectivity index (χ4v) is 3.02. The number of nitrogens with one attached hydrogen (secondary N) is 2. The molecule has 104 valence electrons. The number of piperazine rings is 1. The number of nitrogens with zero attached hydrogens (tertiary/aromatic N) is 1. The first-order valence-electron chi connectivity index (χ1n) is 6.32. The third-order valence-corrected chi connectivity index (χ3v) is 4.58. The quantitative estimate of drug-likeness (QED) is 0.856. The molecule has 1 aromatic heterocycles. The van der Waals surface area contributed by atoms with Gasteiger partial charge in [-0.2, -0.15) is 0 Å². The molecule has 5 nitrogen and oxygen atoms in total. The monoisotopic (exact) mass is 281 g/mol. The van der Waals surface area contributed by atoms with Crippen molar-refractivity contribution in [2.75, 3.05) is 20.1 Å². The van der Waals surface area contributed by atoms with Gasteiger partial charge in [-0.1, -0.05) is 0 Å². The summed E-state index contributed by atoms with van der Waals surface area (Å²) in [5.41, 5.74) is 0. The van der Waals surface area contributed by atoms with Crippen LogP contribution in [0, 0.1) is 6.92 Å². The molecule has 0 aliphatic carbocycles. The minimum atomic E-state index is -0.328. The van der Waals surface area contributed by atoms with Crippen LogP contribution in [-0.4, -0.2) is 42.9 Å². The molecule has 0 bridgehead atoms. The van der Waals surface area contributed by atoms with Crippen molar-refractivity contribution in [3.05, 3.63) is 21.9 Å². The summed E-state index contributed by atoms with van der Waals surface area (Å²) in [6.07, 6.45) is 0. The van der Waals surface area contributed by atoms with Crippen LogP contribution >= 0.6 is 11.3 Å². The number of hydrogen-bond donors (Lipinski definition) is 2. The smallest absolute Gasteiger partial charge is 0.241 e. The van der Waals surface area contributed by atoms with Crippen molar-refractivity contribution >= 4 is 23.2 Å². The molecule has 2 atom stereocenters. The highest BCUT2D eigenvalue weighted by Crippen LogP contribution is 2.26. The van der Waals surface area contributed by atoms with E-state index in [0.717, 1.165) is 0 Å². The highest BCUT2D eigenvalue weighted by Gasteiger charge is 2.29. The van der Waals surface area contributed by atoms with Gasteiger partial charge in [0.25, 0.3) is 0 Å². The molecule has 6 heteroatoms. The van der Waals surface area contributed by atoms with Gasteiger partial charge in [-0.05, 0) is 26.0 Å². The lowest BCUT2D eigenvalue weighted by Crippen LogP contribution is -2.58. The second-order valence-corrected chi connectivity index (χ2v) is 6.13. The maximum Gasteiger partial charge on any atom is 0.241 e. The highest BCUT2D eigenvalue weighted by atomic mass is 32.1. The highest BCUT2D eigenvalue weighted by molar-refractivity contribution is 7.12. The van der Waals surface area contributed by atoms with Crippen LogP contribution in [0.2, 0.25) is 0 Å². The van der Waals surface area contributed by atoms with Crippen molar-refractivity contribution in [2.45, 2.75) is 25.9 Å². The molecule has 2 heterocycles. The third kappa shape index (κ3) is 3.13. The van der Waals surface area contributed by atoms with Crippen LogP contribution in [0.3, 0.4) is 0 Å². The van der Waals surface area contributed by atoms with E-state index >= 15 is 0 Å². The average molecular weight is 281 g/mol. The molecule has 0 spiro atoms. The van der Waals surface area contributed by atoms with Crippen molar-refractivity contribution in [3.63, 3.8) is 0 Å². The van der Waals surface area contributed by atoms with E-state index in [2.05, 4.69) is 29.7 Å². The number of carbonyl (C=O) groups is 2. The third-order valence-electron chi connectivity index (χ3n) is 3.41. The van der Waals surface area contributed by atoms with Crippen LogP contribution in [0.15, 0.2) is 12.1 Å². The van der Waals surface area contributed by atoms with E-state index in [1.54, 1.807) is 23.3 Å². The summed E-state index contributed by atoms with van der Waals surface area (Å²) in [4.78, 5) is 27.6. The van der Waals surface area contributed by atoms with E-state index in [0.29, 0.717) is 6.54 Å². The predicted octanol–water partition coefficient (Wildman–Crippen LogP) is 0.664. The van der Waals surface area contributed by atoms with Gasteiger partial charge in [0, 0.05) is 23.3 Å². The normalized spacial score (nSPS) is 20.8. The van der Waals surface area contributed by atoms with Gasteiger partial charge in [-0.3, -0.25) is 14.9 Å². The summed E-state index contributed by atoms with van der Waals surface area (Å²) in [5.74, 6) is -0.0489. The van der Waals surface area contributed by atoms with Crippen LogP contribution in [0.25, 0.3) is 0 Å². The van der Waals surface area contributed by atoms with E-state index < -0.39 is 0 Å². The molecular formula is C13H19N3O2S. The summed E-state index contributed by atoms with van der Waals surface area (Å²) in [6, 6.07) is 3.84. The molecule has 1 aliphatic heterocycles. The maximum atomic E-state index is 12.3. The minimum absolute atomic E-state index is 0.0125. The largest absolute Gasteiger partial charge is 0.353 e. The summed E-state index contributed by atoms with van der Waals surface area (Å²) < 4.78 is 0. The molecule has 0 radical (unpaired) electrons. The Morgan fingerprint density at radius 2 is 2.26 bits per heavy atom. The molecule has 1 fully saturated rings. The second-order valence-electron chi connectivity index (χ2n) is 4.81. The van der Waals surface area contributed by atoms with Crippen molar-refractivity contribution in [3.8, 4) is 0 Å². The molecule has 0 aromatic carbocycles. The number of likely N-dealkylation sites (N-methyl/N-ethyl adjacent to an activating group) is 1. The Hall–Kier alpha value is -1.40. The summed E-state index contributed by atoms with van der Waals surface area (Å²) in [6.45, 7) is 4.64. The van der Waals surface area contributed by atoms with E-state index in [9.17, 15) is 9.59 Å². The number of carbonyl (C=O) groups excluding carboxylic acids is 2. The Morgan fingerprint density at radius 1 is 1.53 bits per heavy atom. The molecule has 1 aliphatic rings. The first-order chi connectivity index (χ1) is 8.99. The maximum absolute atomic E-state index is 12.3. The van der Waals surface area contributed by atoms with Gasteiger partial charge in [0.1, 0.15) is 6.04 Å². The molecule has 2 unspecified atom stereocenters. The van der Waals surface area contributed by atoms with Crippen LogP contribution in [-0.2, 0) is 9.59 Å². The van der Waals surface area contributed by atoms with E-state index in [1.165, 1.54) is 9.75 Å². The Labute approximate surface area is 117 Å². The van der Waals surface area contributed by atoms with Gasteiger partial charge in [0.05, 0.1) is 12.6 Å². The van der Waals surface area contributed by atoms with Crippen LogP contribution in [0.5, 0.6) is 0 Å². The second kappa shape index (κ2) is 5.71. The molecule has 2 rings (SSSR count). The van der Waals surface area contributed by atoms with Crippen molar-refractivity contribution < 1.29 is 9.59 Å². The predicted molar refractivity (Wildman–Crippen MR) is 75.0 cm³/mol. The average Bonchev–Trinajstić information content (AvgIpc) is 2.84. The number of rotatable bonds is 3. The molecule has 2 N–H and O–H groups in total. The van der Waals surface area contributed by atoms with Gasteiger partial charge in [-0.15, -0.1) is 11.3 Å². The Kier molecular flexibility index (Phi) is 4.21. The summed E-state index contributed by atoms with van der Waals surface area (Å²) >= 11 is 1.70. The zero-order chi connectivity index (χ0) is 14.0. The minimum Gasteiger partial charge on any atom is -0.353 e. The standard InChI is InChI=1S/C13H19N3O2S/c1-8-4-5-11(19-8)9(2)16(3)13(18)10-6-15-12(17)7-14-10/h4-5,9-10,14H,6-7H2,1-3H3,(H,15,17). The number of thiophene rings is 1. The van der Waals surface area contributed by atoms with Crippen LogP contribution < -0.4 is 10.6 Å². The van der Waals surface area contributed by atoms with Crippen LogP contribution in [0.4, 0.5) is 0 Å². The van der Waals surface area contributed by atoms with Gasteiger partial charge in [0.15, 0.2) is 0 Å². The SMILES string of the molecule is Cc1ccc(C(C)N(C)C(=O)C2CNC(=O)CN2)s1. The Bertz CT molecular complexity index is 476. The van der Waals surface area contributed by atoms with E-state index in [1.807, 2.05) is 6.92 Å². The lowest BCUT2D eigenvalue weighted by Gasteiger charge is -2.31. The molecule has 2 amide bonds. The van der Waals surface area contributed by atoms with Crippen LogP contribution in [0.1, 0.15) is 22.7 Å². The number of amides is 2. The topological polar surface area (TPSA) is 61.4 Å². The molecule has 19 heavy (non-hydrogen) atoms. The van der Waals surface area contributed by atoms with Gasteiger partial charge in [0.2, 0.25) is 11.8 Å². The fraction of sp³-hybridized carbons (Fsp3) is 0.538. The number of aryl methyl sites for hydroxylation is 1. The van der Waals surface area contributed by atoms with Crippen molar-refractivity contribution in [1.29, 1.82) is 0 Å². The zero-order valence-electron chi connectivity index (χ0n) is 11.4. The van der Waals surface area contributed by atoms with E-state index in [4.69, 9.17) is 0 Å². The molecule has 1 aromatic rings. The van der Waals surface area contributed by atoms with Gasteiger partial charge < -0.3 is 10.2 Å². The Morgan fingerprint density at radius 3 is 2.79 bits per heavy atom. The molecule has 0 saturated carbocycles. The zero-order valence-corrected chi connectivity index (χ0v) is 12.2. The Balaban J connectivity index is 2.00.